The normalized spacial score (nSPS) is 17.0. The minimum atomic E-state index is -3.42. The lowest BCUT2D eigenvalue weighted by Crippen LogP contribution is -2.37. The van der Waals surface area contributed by atoms with Crippen molar-refractivity contribution in [3.05, 3.63) is 30.6 Å². The topological polar surface area (TPSA) is 102 Å². The van der Waals surface area contributed by atoms with Gasteiger partial charge >= 0.3 is 0 Å². The Morgan fingerprint density at radius 2 is 1.96 bits per heavy atom. The number of aromatic nitrogens is 2. The molecule has 7 nitrogen and oxygen atoms in total. The zero-order valence-electron chi connectivity index (χ0n) is 13.1. The number of furan rings is 1. The number of primary sulfonamides is 1. The average Bonchev–Trinajstić information content (AvgIpc) is 2.93. The van der Waals surface area contributed by atoms with Crippen LogP contribution in [0, 0.1) is 5.92 Å². The van der Waals surface area contributed by atoms with E-state index < -0.39 is 10.0 Å². The van der Waals surface area contributed by atoms with Crippen molar-refractivity contribution in [1.82, 2.24) is 9.97 Å². The molecule has 3 aromatic rings. The van der Waals surface area contributed by atoms with Gasteiger partial charge in [-0.2, -0.15) is 0 Å². The van der Waals surface area contributed by atoms with E-state index in [0.717, 1.165) is 48.2 Å². The quantitative estimate of drug-likeness (QED) is 0.777. The van der Waals surface area contributed by atoms with Crippen molar-refractivity contribution in [2.75, 3.05) is 23.7 Å². The van der Waals surface area contributed by atoms with Crippen molar-refractivity contribution in [3.63, 3.8) is 0 Å². The molecule has 0 amide bonds. The molecule has 0 radical (unpaired) electrons. The van der Waals surface area contributed by atoms with E-state index >= 15 is 0 Å². The molecule has 3 heterocycles. The Morgan fingerprint density at radius 3 is 2.71 bits per heavy atom. The van der Waals surface area contributed by atoms with E-state index in [4.69, 9.17) is 9.56 Å². The molecule has 1 aromatic carbocycles. The third kappa shape index (κ3) is 2.83. The summed E-state index contributed by atoms with van der Waals surface area (Å²) in [5.74, 6) is 0.916. The molecule has 0 bridgehead atoms. The van der Waals surface area contributed by atoms with Crippen LogP contribution >= 0.6 is 0 Å². The number of benzene rings is 1. The van der Waals surface area contributed by atoms with Crippen LogP contribution in [-0.2, 0) is 10.0 Å². The highest BCUT2D eigenvalue weighted by molar-refractivity contribution is 7.89. The first-order valence-electron chi connectivity index (χ1n) is 7.89. The van der Waals surface area contributed by atoms with Crippen LogP contribution in [-0.4, -0.2) is 37.2 Å². The van der Waals surface area contributed by atoms with Crippen LogP contribution in [0.15, 0.2) is 35.0 Å². The predicted molar refractivity (Wildman–Crippen MR) is 92.2 cm³/mol. The number of para-hydroxylation sites is 1. The van der Waals surface area contributed by atoms with E-state index in [0.29, 0.717) is 5.58 Å². The van der Waals surface area contributed by atoms with Crippen molar-refractivity contribution in [1.29, 1.82) is 0 Å². The third-order valence-corrected chi connectivity index (χ3v) is 5.46. The number of sulfonamides is 1. The van der Waals surface area contributed by atoms with Gasteiger partial charge in [0.1, 0.15) is 17.4 Å². The number of hydrogen-bond donors (Lipinski definition) is 1. The van der Waals surface area contributed by atoms with Gasteiger partial charge in [-0.05, 0) is 30.9 Å². The van der Waals surface area contributed by atoms with E-state index in [2.05, 4.69) is 14.9 Å². The maximum Gasteiger partial charge on any atom is 0.209 e. The van der Waals surface area contributed by atoms with Gasteiger partial charge in [0.05, 0.1) is 5.75 Å². The smallest absolute Gasteiger partial charge is 0.209 e. The van der Waals surface area contributed by atoms with Gasteiger partial charge in [0.2, 0.25) is 10.0 Å². The Bertz CT molecular complexity index is 991. The van der Waals surface area contributed by atoms with Gasteiger partial charge in [-0.25, -0.2) is 23.5 Å². The summed E-state index contributed by atoms with van der Waals surface area (Å²) in [5.41, 5.74) is 2.28. The molecule has 1 saturated heterocycles. The summed E-state index contributed by atoms with van der Waals surface area (Å²) < 4.78 is 28.5. The van der Waals surface area contributed by atoms with Gasteiger partial charge in [-0.3, -0.25) is 0 Å². The highest BCUT2D eigenvalue weighted by Gasteiger charge is 2.25. The van der Waals surface area contributed by atoms with Gasteiger partial charge in [-0.15, -0.1) is 0 Å². The molecular weight excluding hydrogens is 328 g/mol. The fourth-order valence-electron chi connectivity index (χ4n) is 3.38. The van der Waals surface area contributed by atoms with Crippen LogP contribution in [0.2, 0.25) is 0 Å². The summed E-state index contributed by atoms with van der Waals surface area (Å²) in [6.07, 6.45) is 3.08. The van der Waals surface area contributed by atoms with Gasteiger partial charge in [0.15, 0.2) is 11.4 Å². The van der Waals surface area contributed by atoms with E-state index in [-0.39, 0.29) is 11.7 Å². The predicted octanol–water partition coefficient (Wildman–Crippen LogP) is 1.88. The van der Waals surface area contributed by atoms with Gasteiger partial charge in [0, 0.05) is 18.5 Å². The number of nitrogens with two attached hydrogens (primary N) is 1. The number of nitrogens with zero attached hydrogens (tertiary/aromatic N) is 3. The Morgan fingerprint density at radius 1 is 1.21 bits per heavy atom. The van der Waals surface area contributed by atoms with Gasteiger partial charge in [-0.1, -0.05) is 12.1 Å². The maximum atomic E-state index is 11.3. The van der Waals surface area contributed by atoms with Crippen molar-refractivity contribution in [2.45, 2.75) is 12.8 Å². The van der Waals surface area contributed by atoms with Gasteiger partial charge in [0.25, 0.3) is 0 Å². The zero-order valence-corrected chi connectivity index (χ0v) is 13.9. The highest BCUT2D eigenvalue weighted by Crippen LogP contribution is 2.33. The van der Waals surface area contributed by atoms with Crippen LogP contribution in [0.25, 0.3) is 22.1 Å². The summed E-state index contributed by atoms with van der Waals surface area (Å²) >= 11 is 0. The summed E-state index contributed by atoms with van der Waals surface area (Å²) in [4.78, 5) is 10.9. The summed E-state index contributed by atoms with van der Waals surface area (Å²) in [6.45, 7) is 1.45. The number of hydrogen-bond acceptors (Lipinski definition) is 6. The van der Waals surface area contributed by atoms with Crippen molar-refractivity contribution < 1.29 is 12.8 Å². The number of rotatable bonds is 3. The molecule has 0 atom stereocenters. The van der Waals surface area contributed by atoms with Crippen LogP contribution in [0.4, 0.5) is 5.82 Å². The molecule has 1 aliphatic heterocycles. The Hall–Kier alpha value is -2.19. The molecular formula is C16H18N4O3S. The second-order valence-corrected chi connectivity index (χ2v) is 7.89. The lowest BCUT2D eigenvalue weighted by Gasteiger charge is -2.32. The molecule has 0 unspecified atom stereocenters. The number of piperidine rings is 1. The third-order valence-electron chi connectivity index (χ3n) is 4.52. The maximum absolute atomic E-state index is 11.3. The number of anilines is 1. The van der Waals surface area contributed by atoms with Crippen molar-refractivity contribution >= 4 is 37.9 Å². The molecule has 0 aliphatic carbocycles. The van der Waals surface area contributed by atoms with Crippen LogP contribution in [0.5, 0.6) is 0 Å². The molecule has 8 heteroatoms. The Kier molecular flexibility index (Phi) is 3.65. The highest BCUT2D eigenvalue weighted by atomic mass is 32.2. The first-order valence-corrected chi connectivity index (χ1v) is 9.60. The Labute approximate surface area is 139 Å². The van der Waals surface area contributed by atoms with E-state index in [1.807, 2.05) is 24.3 Å². The monoisotopic (exact) mass is 346 g/mol. The molecule has 0 saturated carbocycles. The lowest BCUT2D eigenvalue weighted by molar-refractivity contribution is 0.433. The van der Waals surface area contributed by atoms with E-state index in [1.54, 1.807) is 6.33 Å². The summed E-state index contributed by atoms with van der Waals surface area (Å²) in [6, 6.07) is 7.78. The average molecular weight is 346 g/mol. The molecule has 24 heavy (non-hydrogen) atoms. The lowest BCUT2D eigenvalue weighted by atomic mass is 9.99. The van der Waals surface area contributed by atoms with Crippen LogP contribution < -0.4 is 10.0 Å². The number of fused-ring (bicyclic) bond motifs is 3. The minimum Gasteiger partial charge on any atom is -0.450 e. The molecule has 2 aromatic heterocycles. The molecule has 1 fully saturated rings. The largest absolute Gasteiger partial charge is 0.450 e. The SMILES string of the molecule is NS(=O)(=O)CC1CCN(c2ncnc3c2oc2ccccc23)CC1. The molecule has 0 spiro atoms. The summed E-state index contributed by atoms with van der Waals surface area (Å²) in [7, 11) is -3.42. The van der Waals surface area contributed by atoms with Crippen LogP contribution in [0.3, 0.4) is 0 Å². The second kappa shape index (κ2) is 5.71. The molecule has 1 aliphatic rings. The molecule has 126 valence electrons. The zero-order chi connectivity index (χ0) is 16.7. The van der Waals surface area contributed by atoms with Crippen molar-refractivity contribution in [2.24, 2.45) is 11.1 Å². The fraction of sp³-hybridized carbons (Fsp3) is 0.375. The molecule has 4 rings (SSSR count). The standard InChI is InChI=1S/C16H18N4O3S/c17-24(21,22)9-11-5-7-20(8-6-11)16-15-14(18-10-19-16)12-3-1-2-4-13(12)23-15/h1-4,10-11H,5-9H2,(H2,17,21,22). The van der Waals surface area contributed by atoms with Gasteiger partial charge < -0.3 is 9.32 Å². The summed E-state index contributed by atoms with van der Waals surface area (Å²) in [5, 5.41) is 6.13. The minimum absolute atomic E-state index is 0.0463. The Balaban J connectivity index is 1.63. The second-order valence-electron chi connectivity index (χ2n) is 6.23. The van der Waals surface area contributed by atoms with E-state index in [1.165, 1.54) is 0 Å². The first kappa shape index (κ1) is 15.3. The van der Waals surface area contributed by atoms with E-state index in [9.17, 15) is 8.42 Å². The van der Waals surface area contributed by atoms with Crippen LogP contribution in [0.1, 0.15) is 12.8 Å². The molecule has 2 N–H and O–H groups in total. The first-order chi connectivity index (χ1) is 11.5. The van der Waals surface area contributed by atoms with Crippen molar-refractivity contribution in [3.8, 4) is 0 Å². The fourth-order valence-corrected chi connectivity index (χ4v) is 4.37.